The maximum Gasteiger partial charge on any atom is 0.366 e. The summed E-state index contributed by atoms with van der Waals surface area (Å²) in [7, 11) is 0. The number of fused-ring (bicyclic) bond motifs is 1. The largest absolute Gasteiger partial charge is 0.475 e. The van der Waals surface area contributed by atoms with Gasteiger partial charge in [0.25, 0.3) is 11.7 Å². The first-order chi connectivity index (χ1) is 12.8. The van der Waals surface area contributed by atoms with Crippen molar-refractivity contribution in [1.82, 2.24) is 4.98 Å². The number of anilines is 1. The molecule has 1 aromatic heterocycles. The van der Waals surface area contributed by atoms with Crippen molar-refractivity contribution < 1.29 is 19.2 Å². The molecular weight excluding hydrogens is 350 g/mol. The monoisotopic (exact) mass is 369 g/mol. The van der Waals surface area contributed by atoms with Gasteiger partial charge in [0, 0.05) is 11.6 Å². The van der Waals surface area contributed by atoms with Gasteiger partial charge in [0.15, 0.2) is 17.6 Å². The first-order valence-electron chi connectivity index (χ1n) is 8.54. The summed E-state index contributed by atoms with van der Waals surface area (Å²) >= 11 is 0. The van der Waals surface area contributed by atoms with E-state index in [1.807, 2.05) is 12.1 Å². The van der Waals surface area contributed by atoms with Crippen LogP contribution in [-0.2, 0) is 4.79 Å². The molecule has 1 aliphatic heterocycles. The van der Waals surface area contributed by atoms with E-state index in [0.717, 1.165) is 10.5 Å². The Balaban J connectivity index is 1.91. The molecule has 3 rings (SSSR count). The quantitative estimate of drug-likeness (QED) is 0.456. The summed E-state index contributed by atoms with van der Waals surface area (Å²) in [6, 6.07) is 9.77. The van der Waals surface area contributed by atoms with Crippen LogP contribution < -0.4 is 9.64 Å². The number of carbonyl (C=O) groups excluding carboxylic acids is 2. The second kappa shape index (κ2) is 7.14. The first kappa shape index (κ1) is 18.5. The van der Waals surface area contributed by atoms with Gasteiger partial charge in [0.2, 0.25) is 0 Å². The Morgan fingerprint density at radius 3 is 2.52 bits per heavy atom. The maximum atomic E-state index is 12.7. The van der Waals surface area contributed by atoms with Crippen LogP contribution in [0, 0.1) is 10.1 Å². The zero-order valence-electron chi connectivity index (χ0n) is 15.2. The highest BCUT2D eigenvalue weighted by atomic mass is 16.6. The van der Waals surface area contributed by atoms with Crippen LogP contribution >= 0.6 is 0 Å². The Morgan fingerprint density at radius 1 is 1.26 bits per heavy atom. The van der Waals surface area contributed by atoms with Gasteiger partial charge in [-0.15, -0.1) is 0 Å². The summed E-state index contributed by atoms with van der Waals surface area (Å²) in [6.45, 7) is 5.40. The molecule has 0 spiro atoms. The Hall–Kier alpha value is -3.29. The molecule has 8 nitrogen and oxygen atoms in total. The molecule has 0 N–H and O–H groups in total. The third-order valence-corrected chi connectivity index (χ3v) is 4.39. The molecule has 0 saturated heterocycles. The van der Waals surface area contributed by atoms with Crippen molar-refractivity contribution in [2.45, 2.75) is 32.8 Å². The fourth-order valence-corrected chi connectivity index (χ4v) is 2.82. The molecule has 1 aromatic carbocycles. The first-order valence-corrected chi connectivity index (χ1v) is 8.54. The average molecular weight is 369 g/mol. The molecule has 0 bridgehead atoms. The van der Waals surface area contributed by atoms with Crippen LogP contribution in [0.15, 0.2) is 36.4 Å². The van der Waals surface area contributed by atoms with Crippen molar-refractivity contribution in [1.29, 1.82) is 0 Å². The predicted molar refractivity (Wildman–Crippen MR) is 98.2 cm³/mol. The van der Waals surface area contributed by atoms with Gasteiger partial charge in [0.05, 0.1) is 6.54 Å². The summed E-state index contributed by atoms with van der Waals surface area (Å²) < 4.78 is 5.45. The summed E-state index contributed by atoms with van der Waals surface area (Å²) in [6.07, 6.45) is -0.808. The Labute approximate surface area is 155 Å². The smallest absolute Gasteiger partial charge is 0.366 e. The predicted octanol–water partition coefficient (Wildman–Crippen LogP) is 3.11. The molecule has 1 amide bonds. The van der Waals surface area contributed by atoms with Crippen LogP contribution in [-0.4, -0.2) is 34.2 Å². The molecule has 1 unspecified atom stereocenters. The second-order valence-electron chi connectivity index (χ2n) is 6.63. The number of ketones is 1. The number of ether oxygens (including phenoxy) is 1. The molecule has 0 saturated carbocycles. The van der Waals surface area contributed by atoms with Crippen LogP contribution in [0.1, 0.15) is 42.6 Å². The van der Waals surface area contributed by atoms with Gasteiger partial charge in [-0.2, -0.15) is 0 Å². The van der Waals surface area contributed by atoms with Gasteiger partial charge < -0.3 is 14.9 Å². The van der Waals surface area contributed by atoms with E-state index < -0.39 is 22.8 Å². The van der Waals surface area contributed by atoms with Crippen molar-refractivity contribution in [3.05, 3.63) is 57.6 Å². The van der Waals surface area contributed by atoms with Crippen LogP contribution in [0.25, 0.3) is 0 Å². The summed E-state index contributed by atoms with van der Waals surface area (Å²) in [4.78, 5) is 40.6. The number of rotatable bonds is 5. The van der Waals surface area contributed by atoms with Gasteiger partial charge in [-0.05, 0) is 34.4 Å². The number of amides is 1. The van der Waals surface area contributed by atoms with Gasteiger partial charge in [0.1, 0.15) is 0 Å². The molecular formula is C19H19N3O5. The lowest BCUT2D eigenvalue weighted by molar-refractivity contribution is -0.389. The number of aromatic nitrogens is 1. The highest BCUT2D eigenvalue weighted by Crippen LogP contribution is 2.34. The fourth-order valence-electron chi connectivity index (χ4n) is 2.82. The lowest BCUT2D eigenvalue weighted by atomic mass is 10.0. The molecule has 140 valence electrons. The minimum atomic E-state index is -0.808. The van der Waals surface area contributed by atoms with E-state index >= 15 is 0 Å². The van der Waals surface area contributed by atoms with Crippen LogP contribution in [0.4, 0.5) is 11.6 Å². The third-order valence-electron chi connectivity index (χ3n) is 4.39. The number of nitrogens with zero attached hydrogens (tertiary/aromatic N) is 3. The van der Waals surface area contributed by atoms with Crippen molar-refractivity contribution in [2.24, 2.45) is 0 Å². The molecule has 2 aromatic rings. The van der Waals surface area contributed by atoms with Crippen molar-refractivity contribution in [2.75, 3.05) is 11.4 Å². The van der Waals surface area contributed by atoms with Crippen LogP contribution in [0.3, 0.4) is 0 Å². The topological polar surface area (TPSA) is 103 Å². The highest BCUT2D eigenvalue weighted by molar-refractivity contribution is 6.07. The van der Waals surface area contributed by atoms with Gasteiger partial charge in [-0.1, -0.05) is 38.1 Å². The zero-order valence-corrected chi connectivity index (χ0v) is 15.2. The number of hydrogen-bond acceptors (Lipinski definition) is 6. The van der Waals surface area contributed by atoms with Crippen molar-refractivity contribution >= 4 is 23.3 Å². The fraction of sp³-hybridized carbons (Fsp3) is 0.316. The van der Waals surface area contributed by atoms with Gasteiger partial charge in [-0.3, -0.25) is 14.5 Å². The summed E-state index contributed by atoms with van der Waals surface area (Å²) in [5.74, 6) is -0.615. The Bertz CT molecular complexity index is 908. The van der Waals surface area contributed by atoms with E-state index in [4.69, 9.17) is 4.74 Å². The number of pyridine rings is 1. The zero-order chi connectivity index (χ0) is 19.7. The number of hydrogen-bond donors (Lipinski definition) is 0. The third kappa shape index (κ3) is 3.64. The normalized spacial score (nSPS) is 16.1. The minimum absolute atomic E-state index is 0.0144. The van der Waals surface area contributed by atoms with Crippen molar-refractivity contribution in [3.63, 3.8) is 0 Å². The Morgan fingerprint density at radius 2 is 1.93 bits per heavy atom. The summed E-state index contributed by atoms with van der Waals surface area (Å²) in [5, 5.41) is 11.0. The number of benzene rings is 1. The standard InChI is InChI=1S/C19H19N3O5/c1-11(2)13-4-6-14(7-5-13)15(23)10-21-18-16(27-12(3)19(21)24)8-9-17(20-18)22(25)26/h4-9,11-12H,10H2,1-3H3. The van der Waals surface area contributed by atoms with Crippen LogP contribution in [0.2, 0.25) is 0 Å². The molecule has 0 aliphatic carbocycles. The number of Topliss-reactive ketones (excluding diaryl/α,β-unsaturated/α-hetero) is 1. The second-order valence-corrected chi connectivity index (χ2v) is 6.63. The molecule has 0 radical (unpaired) electrons. The molecule has 1 atom stereocenters. The van der Waals surface area contributed by atoms with Crippen molar-refractivity contribution in [3.8, 4) is 5.75 Å². The maximum absolute atomic E-state index is 12.7. The van der Waals surface area contributed by atoms with E-state index in [1.165, 1.54) is 12.1 Å². The molecule has 8 heteroatoms. The SMILES string of the molecule is CC1Oc2ccc([N+](=O)[O-])nc2N(CC(=O)c2ccc(C(C)C)cc2)C1=O. The van der Waals surface area contributed by atoms with Gasteiger partial charge >= 0.3 is 5.82 Å². The molecule has 27 heavy (non-hydrogen) atoms. The number of nitro groups is 1. The van der Waals surface area contributed by atoms with E-state index in [9.17, 15) is 19.7 Å². The average Bonchev–Trinajstić information content (AvgIpc) is 2.64. The van der Waals surface area contributed by atoms with Crippen LogP contribution in [0.5, 0.6) is 5.75 Å². The molecule has 0 fully saturated rings. The lowest BCUT2D eigenvalue weighted by Gasteiger charge is -2.28. The lowest BCUT2D eigenvalue weighted by Crippen LogP contribution is -2.47. The minimum Gasteiger partial charge on any atom is -0.475 e. The van der Waals surface area contributed by atoms with Gasteiger partial charge in [-0.25, -0.2) is 0 Å². The van der Waals surface area contributed by atoms with E-state index in [2.05, 4.69) is 18.8 Å². The molecule has 1 aliphatic rings. The van der Waals surface area contributed by atoms with E-state index in [0.29, 0.717) is 11.5 Å². The van der Waals surface area contributed by atoms with E-state index in [1.54, 1.807) is 19.1 Å². The number of carbonyl (C=O) groups is 2. The van der Waals surface area contributed by atoms with E-state index in [-0.39, 0.29) is 23.9 Å². The Kier molecular flexibility index (Phi) is 4.89. The summed E-state index contributed by atoms with van der Waals surface area (Å²) in [5.41, 5.74) is 1.56. The molecule has 2 heterocycles. The highest BCUT2D eigenvalue weighted by Gasteiger charge is 2.37.